The second-order valence-electron chi connectivity index (χ2n) is 7.61. The fourth-order valence-corrected chi connectivity index (χ4v) is 6.87. The van der Waals surface area contributed by atoms with Gasteiger partial charge in [0.1, 0.15) is 5.75 Å². The second-order valence-corrected chi connectivity index (χ2v) is 10.9. The first-order valence-corrected chi connectivity index (χ1v) is 13.6. The maximum absolute atomic E-state index is 11.7. The standard InChI is InChI=1S/C24H31NO3S3/c1-5-7-9-17(23-16(3)19-11-10-18(27-4)14-20(19)31-23)12-13-29-24-25-21(15-30-24)28-22(26)8-6-2/h10-11,14-15,17H,5-9,12-13H2,1-4H3. The highest BCUT2D eigenvalue weighted by Gasteiger charge is 2.19. The van der Waals surface area contributed by atoms with Gasteiger partial charge in [-0.05, 0) is 61.3 Å². The number of benzene rings is 1. The van der Waals surface area contributed by atoms with Crippen LogP contribution in [0.25, 0.3) is 10.1 Å². The van der Waals surface area contributed by atoms with Crippen LogP contribution < -0.4 is 9.47 Å². The molecule has 0 bridgehead atoms. The van der Waals surface area contributed by atoms with Gasteiger partial charge in [0.25, 0.3) is 0 Å². The highest BCUT2D eigenvalue weighted by Crippen LogP contribution is 2.41. The Morgan fingerprint density at radius 1 is 1.23 bits per heavy atom. The minimum atomic E-state index is -0.208. The van der Waals surface area contributed by atoms with E-state index in [-0.39, 0.29) is 5.97 Å². The van der Waals surface area contributed by atoms with Crippen molar-refractivity contribution in [1.29, 1.82) is 0 Å². The Balaban J connectivity index is 1.66. The molecule has 7 heteroatoms. The number of aryl methyl sites for hydroxylation is 1. The number of carbonyl (C=O) groups is 1. The normalized spacial score (nSPS) is 12.3. The number of ether oxygens (including phenoxy) is 2. The van der Waals surface area contributed by atoms with E-state index in [1.807, 2.05) is 23.6 Å². The van der Waals surface area contributed by atoms with Crippen molar-refractivity contribution in [3.63, 3.8) is 0 Å². The van der Waals surface area contributed by atoms with Crippen molar-refractivity contribution in [2.45, 2.75) is 69.6 Å². The van der Waals surface area contributed by atoms with Crippen LogP contribution in [0.2, 0.25) is 0 Å². The lowest BCUT2D eigenvalue weighted by atomic mass is 9.94. The quantitative estimate of drug-likeness (QED) is 0.196. The number of carbonyl (C=O) groups excluding carboxylic acids is 1. The number of unbranched alkanes of at least 4 members (excludes halogenated alkanes) is 1. The van der Waals surface area contributed by atoms with Crippen LogP contribution in [-0.4, -0.2) is 23.8 Å². The van der Waals surface area contributed by atoms with Gasteiger partial charge in [0.2, 0.25) is 5.88 Å². The van der Waals surface area contributed by atoms with Gasteiger partial charge in [-0.15, -0.1) is 22.7 Å². The number of hydrogen-bond donors (Lipinski definition) is 0. The predicted octanol–water partition coefficient (Wildman–Crippen LogP) is 7.84. The number of thiophene rings is 1. The van der Waals surface area contributed by atoms with Gasteiger partial charge in [0.05, 0.1) is 12.5 Å². The van der Waals surface area contributed by atoms with E-state index < -0.39 is 0 Å². The molecule has 0 fully saturated rings. The molecule has 2 heterocycles. The summed E-state index contributed by atoms with van der Waals surface area (Å²) in [7, 11) is 1.72. The molecule has 0 radical (unpaired) electrons. The Labute approximate surface area is 197 Å². The molecule has 2 aromatic heterocycles. The fourth-order valence-electron chi connectivity index (χ4n) is 3.62. The number of thiazole rings is 1. The van der Waals surface area contributed by atoms with Crippen molar-refractivity contribution in [3.8, 4) is 11.6 Å². The highest BCUT2D eigenvalue weighted by atomic mass is 32.2. The first kappa shape index (κ1) is 24.1. The van der Waals surface area contributed by atoms with Gasteiger partial charge in [0, 0.05) is 21.8 Å². The lowest BCUT2D eigenvalue weighted by molar-refractivity contribution is -0.134. The molecule has 0 saturated heterocycles. The number of methoxy groups -OCH3 is 1. The maximum Gasteiger partial charge on any atom is 0.312 e. The van der Waals surface area contributed by atoms with E-state index in [2.05, 4.69) is 37.0 Å². The molecule has 0 aliphatic carbocycles. The Bertz CT molecular complexity index is 995. The summed E-state index contributed by atoms with van der Waals surface area (Å²) in [5, 5.41) is 3.17. The van der Waals surface area contributed by atoms with E-state index in [9.17, 15) is 4.79 Å². The molecule has 1 unspecified atom stereocenters. The van der Waals surface area contributed by atoms with Crippen LogP contribution in [0.15, 0.2) is 27.9 Å². The van der Waals surface area contributed by atoms with Crippen molar-refractivity contribution in [2.75, 3.05) is 12.9 Å². The third kappa shape index (κ3) is 6.46. The Morgan fingerprint density at radius 2 is 2.06 bits per heavy atom. The van der Waals surface area contributed by atoms with Gasteiger partial charge in [-0.25, -0.2) is 0 Å². The molecule has 4 nitrogen and oxygen atoms in total. The molecule has 31 heavy (non-hydrogen) atoms. The number of esters is 1. The molecule has 0 spiro atoms. The summed E-state index contributed by atoms with van der Waals surface area (Å²) < 4.78 is 13.0. The molecule has 168 valence electrons. The maximum atomic E-state index is 11.7. The average molecular weight is 478 g/mol. The molecule has 0 saturated carbocycles. The summed E-state index contributed by atoms with van der Waals surface area (Å²) in [5.74, 6) is 2.70. The number of thioether (sulfide) groups is 1. The third-order valence-corrected chi connectivity index (χ3v) is 8.74. The van der Waals surface area contributed by atoms with Crippen LogP contribution in [0.3, 0.4) is 0 Å². The molecule has 3 rings (SSSR count). The van der Waals surface area contributed by atoms with Crippen LogP contribution in [0.5, 0.6) is 11.6 Å². The number of rotatable bonds is 12. The molecule has 0 N–H and O–H groups in total. The fraction of sp³-hybridized carbons (Fsp3) is 0.500. The SMILES string of the molecule is CCCCC(CCSc1nc(OC(=O)CCC)cs1)c1sc2cc(OC)ccc2c1C. The summed E-state index contributed by atoms with van der Waals surface area (Å²) in [4.78, 5) is 17.6. The lowest BCUT2D eigenvalue weighted by Gasteiger charge is -2.16. The summed E-state index contributed by atoms with van der Waals surface area (Å²) in [6.07, 6.45) is 5.98. The topological polar surface area (TPSA) is 48.4 Å². The molecule has 1 atom stereocenters. The lowest BCUT2D eigenvalue weighted by Crippen LogP contribution is -2.06. The zero-order valence-electron chi connectivity index (χ0n) is 18.7. The van der Waals surface area contributed by atoms with Gasteiger partial charge < -0.3 is 9.47 Å². The third-order valence-electron chi connectivity index (χ3n) is 5.29. The number of fused-ring (bicyclic) bond motifs is 1. The number of nitrogens with zero attached hydrogens (tertiary/aromatic N) is 1. The van der Waals surface area contributed by atoms with E-state index in [0.29, 0.717) is 18.2 Å². The molecular weight excluding hydrogens is 446 g/mol. The van der Waals surface area contributed by atoms with Crippen molar-refractivity contribution < 1.29 is 14.3 Å². The van der Waals surface area contributed by atoms with Gasteiger partial charge in [-0.2, -0.15) is 4.98 Å². The van der Waals surface area contributed by atoms with E-state index in [1.54, 1.807) is 30.2 Å². The summed E-state index contributed by atoms with van der Waals surface area (Å²) in [5.41, 5.74) is 1.41. The molecular formula is C24H31NO3S3. The van der Waals surface area contributed by atoms with E-state index in [1.165, 1.54) is 39.8 Å². The van der Waals surface area contributed by atoms with Crippen LogP contribution in [0.4, 0.5) is 0 Å². The van der Waals surface area contributed by atoms with Crippen molar-refractivity contribution >= 4 is 50.5 Å². The minimum absolute atomic E-state index is 0.208. The van der Waals surface area contributed by atoms with Gasteiger partial charge in [0.15, 0.2) is 4.34 Å². The zero-order valence-corrected chi connectivity index (χ0v) is 21.2. The van der Waals surface area contributed by atoms with Gasteiger partial charge in [-0.1, -0.05) is 38.5 Å². The van der Waals surface area contributed by atoms with Gasteiger partial charge >= 0.3 is 5.97 Å². The van der Waals surface area contributed by atoms with Gasteiger partial charge in [-0.3, -0.25) is 4.79 Å². The van der Waals surface area contributed by atoms with Crippen LogP contribution in [-0.2, 0) is 4.79 Å². The van der Waals surface area contributed by atoms with Crippen LogP contribution >= 0.6 is 34.4 Å². The summed E-state index contributed by atoms with van der Waals surface area (Å²) >= 11 is 5.22. The molecule has 1 aromatic carbocycles. The second kappa shape index (κ2) is 11.9. The average Bonchev–Trinajstić information content (AvgIpc) is 3.34. The Morgan fingerprint density at radius 3 is 2.81 bits per heavy atom. The number of hydrogen-bond acceptors (Lipinski definition) is 7. The van der Waals surface area contributed by atoms with Crippen molar-refractivity contribution in [3.05, 3.63) is 34.0 Å². The highest BCUT2D eigenvalue weighted by molar-refractivity contribution is 8.01. The first-order chi connectivity index (χ1) is 15.0. The summed E-state index contributed by atoms with van der Waals surface area (Å²) in [6.45, 7) is 6.48. The smallest absolute Gasteiger partial charge is 0.312 e. The largest absolute Gasteiger partial charge is 0.497 e. The first-order valence-electron chi connectivity index (χ1n) is 10.9. The van der Waals surface area contributed by atoms with Crippen molar-refractivity contribution in [1.82, 2.24) is 4.98 Å². The van der Waals surface area contributed by atoms with E-state index in [0.717, 1.165) is 28.7 Å². The molecule has 0 aliphatic rings. The van der Waals surface area contributed by atoms with Crippen molar-refractivity contribution in [2.24, 2.45) is 0 Å². The van der Waals surface area contributed by atoms with E-state index in [4.69, 9.17) is 9.47 Å². The Hall–Kier alpha value is -1.57. The Kier molecular flexibility index (Phi) is 9.23. The summed E-state index contributed by atoms with van der Waals surface area (Å²) in [6, 6.07) is 6.39. The molecule has 0 amide bonds. The minimum Gasteiger partial charge on any atom is -0.497 e. The predicted molar refractivity (Wildman–Crippen MR) is 133 cm³/mol. The monoisotopic (exact) mass is 477 g/mol. The molecule has 0 aliphatic heterocycles. The molecule has 3 aromatic rings. The number of aromatic nitrogens is 1. The van der Waals surface area contributed by atoms with Crippen LogP contribution in [0.1, 0.15) is 68.7 Å². The zero-order chi connectivity index (χ0) is 22.2. The van der Waals surface area contributed by atoms with E-state index >= 15 is 0 Å². The van der Waals surface area contributed by atoms with Crippen LogP contribution in [0, 0.1) is 6.92 Å².